The Kier molecular flexibility index (Phi) is 5.96. The second-order valence-electron chi connectivity index (χ2n) is 7.93. The highest BCUT2D eigenvalue weighted by Gasteiger charge is 2.27. The van der Waals surface area contributed by atoms with E-state index in [0.717, 1.165) is 0 Å². The molecule has 0 spiro atoms. The number of rotatable bonds is 5. The summed E-state index contributed by atoms with van der Waals surface area (Å²) in [5, 5.41) is 5.60. The molecule has 1 aliphatic heterocycles. The standard InChI is InChI=1S/C28H21N3O4/c32-26-18-31(25-12-5-4-11-24(25)30-26)28(34)19-13-15-21(16-14-19)29-27(33)20-7-6-10-23(17-20)35-22-8-2-1-3-9-22/h1-17H,18H2,(H,29,33)(H,30,32). The maximum atomic E-state index is 13.1. The van der Waals surface area contributed by atoms with Gasteiger partial charge in [-0.25, -0.2) is 0 Å². The Morgan fingerprint density at radius 3 is 2.29 bits per heavy atom. The van der Waals surface area contributed by atoms with Crippen molar-refractivity contribution in [3.8, 4) is 11.5 Å². The van der Waals surface area contributed by atoms with Crippen molar-refractivity contribution >= 4 is 34.8 Å². The van der Waals surface area contributed by atoms with Crippen LogP contribution in [0.3, 0.4) is 0 Å². The van der Waals surface area contributed by atoms with E-state index in [0.29, 0.717) is 39.7 Å². The van der Waals surface area contributed by atoms with Gasteiger partial charge in [-0.15, -0.1) is 0 Å². The lowest BCUT2D eigenvalue weighted by Gasteiger charge is -2.29. The molecule has 0 aliphatic carbocycles. The number of carbonyl (C=O) groups excluding carboxylic acids is 3. The minimum Gasteiger partial charge on any atom is -0.457 e. The molecule has 3 amide bonds. The summed E-state index contributed by atoms with van der Waals surface area (Å²) in [4.78, 5) is 39.4. The van der Waals surface area contributed by atoms with E-state index in [1.165, 1.54) is 4.90 Å². The largest absolute Gasteiger partial charge is 0.457 e. The quantitative estimate of drug-likeness (QED) is 0.419. The molecule has 4 aromatic rings. The summed E-state index contributed by atoms with van der Waals surface area (Å²) in [6, 6.07) is 29.9. The highest BCUT2D eigenvalue weighted by atomic mass is 16.5. The smallest absolute Gasteiger partial charge is 0.258 e. The number of benzene rings is 4. The van der Waals surface area contributed by atoms with Crippen molar-refractivity contribution in [3.63, 3.8) is 0 Å². The number of carbonyl (C=O) groups is 3. The molecule has 0 bridgehead atoms. The van der Waals surface area contributed by atoms with Gasteiger partial charge >= 0.3 is 0 Å². The van der Waals surface area contributed by atoms with Gasteiger partial charge in [-0.05, 0) is 66.7 Å². The van der Waals surface area contributed by atoms with Gasteiger partial charge in [-0.3, -0.25) is 19.3 Å². The Balaban J connectivity index is 1.28. The fraction of sp³-hybridized carbons (Fsp3) is 0.0357. The molecule has 172 valence electrons. The highest BCUT2D eigenvalue weighted by molar-refractivity contribution is 6.15. The van der Waals surface area contributed by atoms with E-state index in [9.17, 15) is 14.4 Å². The average Bonchev–Trinajstić information content (AvgIpc) is 2.89. The van der Waals surface area contributed by atoms with Gasteiger partial charge in [-0.2, -0.15) is 0 Å². The lowest BCUT2D eigenvalue weighted by Crippen LogP contribution is -2.42. The van der Waals surface area contributed by atoms with Crippen LogP contribution >= 0.6 is 0 Å². The van der Waals surface area contributed by atoms with Gasteiger partial charge in [0, 0.05) is 16.8 Å². The van der Waals surface area contributed by atoms with Crippen molar-refractivity contribution in [2.45, 2.75) is 0 Å². The highest BCUT2D eigenvalue weighted by Crippen LogP contribution is 2.30. The van der Waals surface area contributed by atoms with Gasteiger partial charge in [0.25, 0.3) is 11.8 Å². The topological polar surface area (TPSA) is 87.7 Å². The summed E-state index contributed by atoms with van der Waals surface area (Å²) in [6.45, 7) is -0.0598. The van der Waals surface area contributed by atoms with Crippen molar-refractivity contribution < 1.29 is 19.1 Å². The monoisotopic (exact) mass is 463 g/mol. The molecular weight excluding hydrogens is 442 g/mol. The molecule has 0 fully saturated rings. The van der Waals surface area contributed by atoms with Gasteiger partial charge in [-0.1, -0.05) is 36.4 Å². The predicted molar refractivity (Wildman–Crippen MR) is 134 cm³/mol. The molecule has 2 N–H and O–H groups in total. The maximum absolute atomic E-state index is 13.1. The minimum absolute atomic E-state index is 0.0598. The number of nitrogens with one attached hydrogen (secondary N) is 2. The number of hydrogen-bond donors (Lipinski definition) is 2. The van der Waals surface area contributed by atoms with E-state index >= 15 is 0 Å². The van der Waals surface area contributed by atoms with E-state index in [1.807, 2.05) is 36.4 Å². The van der Waals surface area contributed by atoms with E-state index in [4.69, 9.17) is 4.74 Å². The maximum Gasteiger partial charge on any atom is 0.258 e. The summed E-state index contributed by atoms with van der Waals surface area (Å²) in [5.74, 6) is 0.384. The number of nitrogens with zero attached hydrogens (tertiary/aromatic N) is 1. The van der Waals surface area contributed by atoms with Crippen LogP contribution in [0.15, 0.2) is 103 Å². The zero-order valence-electron chi connectivity index (χ0n) is 18.6. The molecule has 4 aromatic carbocycles. The third-order valence-corrected chi connectivity index (χ3v) is 5.48. The van der Waals surface area contributed by atoms with Gasteiger partial charge in [0.15, 0.2) is 0 Å². The molecule has 35 heavy (non-hydrogen) atoms. The minimum atomic E-state index is -0.302. The fourth-order valence-electron chi connectivity index (χ4n) is 3.80. The third kappa shape index (κ3) is 4.89. The molecule has 7 heteroatoms. The van der Waals surface area contributed by atoms with Crippen molar-refractivity contribution in [1.82, 2.24) is 0 Å². The Morgan fingerprint density at radius 1 is 0.771 bits per heavy atom. The SMILES string of the molecule is O=C1CN(C(=O)c2ccc(NC(=O)c3cccc(Oc4ccccc4)c3)cc2)c2ccccc2N1. The summed E-state index contributed by atoms with van der Waals surface area (Å²) in [6.07, 6.45) is 0. The van der Waals surface area contributed by atoms with Gasteiger partial charge in [0.05, 0.1) is 11.4 Å². The molecule has 7 nitrogen and oxygen atoms in total. The second-order valence-corrected chi connectivity index (χ2v) is 7.93. The molecule has 0 saturated carbocycles. The Morgan fingerprint density at radius 2 is 1.49 bits per heavy atom. The van der Waals surface area contributed by atoms with Crippen LogP contribution in [0.5, 0.6) is 11.5 Å². The van der Waals surface area contributed by atoms with E-state index in [1.54, 1.807) is 66.7 Å². The molecule has 1 aliphatic rings. The van der Waals surface area contributed by atoms with Crippen LogP contribution in [-0.4, -0.2) is 24.3 Å². The average molecular weight is 463 g/mol. The van der Waals surface area contributed by atoms with Crippen LogP contribution in [0.4, 0.5) is 17.1 Å². The first-order chi connectivity index (χ1) is 17.1. The number of hydrogen-bond acceptors (Lipinski definition) is 4. The van der Waals surface area contributed by atoms with Crippen LogP contribution in [0.1, 0.15) is 20.7 Å². The van der Waals surface area contributed by atoms with Crippen LogP contribution in [0.25, 0.3) is 0 Å². The fourth-order valence-corrected chi connectivity index (χ4v) is 3.80. The van der Waals surface area contributed by atoms with Gasteiger partial charge in [0.2, 0.25) is 5.91 Å². The Labute approximate surface area is 202 Å². The predicted octanol–water partition coefficient (Wildman–Crippen LogP) is 5.33. The summed E-state index contributed by atoms with van der Waals surface area (Å²) < 4.78 is 5.80. The van der Waals surface area contributed by atoms with E-state index < -0.39 is 0 Å². The van der Waals surface area contributed by atoms with Crippen LogP contribution < -0.4 is 20.3 Å². The first-order valence-electron chi connectivity index (χ1n) is 11.0. The van der Waals surface area contributed by atoms with E-state index in [-0.39, 0.29) is 24.3 Å². The normalized spacial score (nSPS) is 12.3. The molecule has 0 unspecified atom stereocenters. The van der Waals surface area contributed by atoms with Crippen molar-refractivity contribution in [1.29, 1.82) is 0 Å². The van der Waals surface area contributed by atoms with Crippen LogP contribution in [0.2, 0.25) is 0 Å². The van der Waals surface area contributed by atoms with Crippen LogP contribution in [0, 0.1) is 0 Å². The number of anilines is 3. The molecule has 1 heterocycles. The van der Waals surface area contributed by atoms with E-state index in [2.05, 4.69) is 10.6 Å². The molecule has 0 aromatic heterocycles. The number of ether oxygens (including phenoxy) is 1. The van der Waals surface area contributed by atoms with Crippen molar-refractivity contribution in [2.75, 3.05) is 22.1 Å². The lowest BCUT2D eigenvalue weighted by molar-refractivity contribution is -0.115. The summed E-state index contributed by atoms with van der Waals surface area (Å²) in [5.41, 5.74) is 2.63. The third-order valence-electron chi connectivity index (χ3n) is 5.48. The molecule has 5 rings (SSSR count). The summed E-state index contributed by atoms with van der Waals surface area (Å²) >= 11 is 0. The number of fused-ring (bicyclic) bond motifs is 1. The van der Waals surface area contributed by atoms with Crippen molar-refractivity contribution in [2.24, 2.45) is 0 Å². The number of amides is 3. The zero-order chi connectivity index (χ0) is 24.2. The number of para-hydroxylation sites is 3. The molecule has 0 saturated heterocycles. The first kappa shape index (κ1) is 21.9. The second kappa shape index (κ2) is 9.52. The lowest BCUT2D eigenvalue weighted by atomic mass is 10.1. The van der Waals surface area contributed by atoms with Gasteiger partial charge in [0.1, 0.15) is 18.0 Å². The zero-order valence-corrected chi connectivity index (χ0v) is 18.6. The molecule has 0 atom stereocenters. The Hall–Kier alpha value is -4.91. The first-order valence-corrected chi connectivity index (χ1v) is 11.0. The Bertz CT molecular complexity index is 1400. The summed E-state index contributed by atoms with van der Waals surface area (Å²) in [7, 11) is 0. The van der Waals surface area contributed by atoms with Crippen LogP contribution in [-0.2, 0) is 4.79 Å². The van der Waals surface area contributed by atoms with Crippen molar-refractivity contribution in [3.05, 3.63) is 114 Å². The van der Waals surface area contributed by atoms with Gasteiger partial charge < -0.3 is 15.4 Å². The molecular formula is C28H21N3O4. The molecule has 0 radical (unpaired) electrons.